The quantitative estimate of drug-likeness (QED) is 0.819. The predicted molar refractivity (Wildman–Crippen MR) is 68.5 cm³/mol. The number of nitrogens with two attached hydrogens (primary N) is 1. The van der Waals surface area contributed by atoms with Gasteiger partial charge >= 0.3 is 0 Å². The van der Waals surface area contributed by atoms with Crippen molar-refractivity contribution in [2.24, 2.45) is 4.36 Å². The lowest BCUT2D eigenvalue weighted by Crippen LogP contribution is -2.26. The molecule has 0 aliphatic carbocycles. The van der Waals surface area contributed by atoms with E-state index in [1.807, 2.05) is 20.9 Å². The fourth-order valence-corrected chi connectivity index (χ4v) is 3.24. The van der Waals surface area contributed by atoms with E-state index in [9.17, 15) is 4.21 Å². The van der Waals surface area contributed by atoms with Crippen molar-refractivity contribution in [2.45, 2.75) is 18.7 Å². The van der Waals surface area contributed by atoms with Crippen LogP contribution < -0.4 is 5.73 Å². The summed E-state index contributed by atoms with van der Waals surface area (Å²) in [6, 6.07) is 7.07. The third-order valence-electron chi connectivity index (χ3n) is 2.36. The van der Waals surface area contributed by atoms with E-state index < -0.39 is 9.92 Å². The first-order chi connectivity index (χ1) is 7.54. The Hall–Kier alpha value is -1.07. The average molecular weight is 241 g/mol. The Morgan fingerprint density at radius 2 is 1.88 bits per heavy atom. The monoisotopic (exact) mass is 241 g/mol. The first-order valence-electron chi connectivity index (χ1n) is 5.34. The van der Waals surface area contributed by atoms with Crippen LogP contribution in [-0.4, -0.2) is 28.7 Å². The summed E-state index contributed by atoms with van der Waals surface area (Å²) < 4.78 is 18.8. The summed E-state index contributed by atoms with van der Waals surface area (Å²) >= 11 is 0. The van der Waals surface area contributed by atoms with Crippen LogP contribution in [-0.2, 0) is 9.92 Å². The van der Waals surface area contributed by atoms with Gasteiger partial charge in [-0.2, -0.15) is 0 Å². The molecule has 1 rings (SSSR count). The summed E-state index contributed by atoms with van der Waals surface area (Å²) in [7, 11) is -0.643. The molecule has 0 heterocycles. The van der Waals surface area contributed by atoms with Crippen LogP contribution in [0.4, 0.5) is 5.69 Å². The van der Waals surface area contributed by atoms with Crippen LogP contribution in [0.25, 0.3) is 0 Å². The molecule has 0 amide bonds. The standard InChI is InChI=1S/C11H19N3OS/c1-4-13-16(15,14(3)5-2)11-8-6-10(12)7-9-11/h6-9H,4-5,12H2,1-3H3. The summed E-state index contributed by atoms with van der Waals surface area (Å²) in [5, 5.41) is 0. The Morgan fingerprint density at radius 1 is 1.31 bits per heavy atom. The Morgan fingerprint density at radius 3 is 2.31 bits per heavy atom. The van der Waals surface area contributed by atoms with Crippen molar-refractivity contribution in [2.75, 3.05) is 25.9 Å². The maximum atomic E-state index is 12.7. The molecule has 0 radical (unpaired) electrons. The van der Waals surface area contributed by atoms with E-state index in [1.54, 1.807) is 28.6 Å². The molecular weight excluding hydrogens is 222 g/mol. The van der Waals surface area contributed by atoms with E-state index in [-0.39, 0.29) is 0 Å². The highest BCUT2D eigenvalue weighted by molar-refractivity contribution is 7.91. The molecular formula is C11H19N3OS. The van der Waals surface area contributed by atoms with Gasteiger partial charge in [0.1, 0.15) is 9.92 Å². The second kappa shape index (κ2) is 5.32. The van der Waals surface area contributed by atoms with Crippen LogP contribution >= 0.6 is 0 Å². The van der Waals surface area contributed by atoms with Gasteiger partial charge < -0.3 is 5.73 Å². The van der Waals surface area contributed by atoms with Crippen molar-refractivity contribution in [3.05, 3.63) is 24.3 Å². The maximum Gasteiger partial charge on any atom is 0.139 e. The molecule has 1 unspecified atom stereocenters. The van der Waals surface area contributed by atoms with Gasteiger partial charge in [0.2, 0.25) is 0 Å². The van der Waals surface area contributed by atoms with Crippen LogP contribution in [0, 0.1) is 0 Å². The number of benzene rings is 1. The van der Waals surface area contributed by atoms with E-state index in [0.717, 1.165) is 0 Å². The molecule has 2 N–H and O–H groups in total. The first-order valence-corrected chi connectivity index (χ1v) is 6.81. The van der Waals surface area contributed by atoms with Gasteiger partial charge in [-0.05, 0) is 31.2 Å². The molecule has 1 atom stereocenters. The van der Waals surface area contributed by atoms with E-state index >= 15 is 0 Å². The Labute approximate surface area is 97.8 Å². The van der Waals surface area contributed by atoms with E-state index in [2.05, 4.69) is 4.36 Å². The molecule has 1 aromatic carbocycles. The van der Waals surface area contributed by atoms with Crippen molar-refractivity contribution in [1.82, 2.24) is 4.31 Å². The van der Waals surface area contributed by atoms with E-state index in [0.29, 0.717) is 23.7 Å². The zero-order chi connectivity index (χ0) is 12.2. The van der Waals surface area contributed by atoms with Crippen molar-refractivity contribution in [1.29, 1.82) is 0 Å². The topological polar surface area (TPSA) is 58.7 Å². The van der Waals surface area contributed by atoms with Gasteiger partial charge in [-0.3, -0.25) is 0 Å². The minimum atomic E-state index is -2.46. The third-order valence-corrected chi connectivity index (χ3v) is 4.96. The van der Waals surface area contributed by atoms with Crippen LogP contribution in [0.5, 0.6) is 0 Å². The van der Waals surface area contributed by atoms with Gasteiger partial charge in [0.25, 0.3) is 0 Å². The zero-order valence-corrected chi connectivity index (χ0v) is 10.8. The molecule has 90 valence electrons. The summed E-state index contributed by atoms with van der Waals surface area (Å²) in [5.74, 6) is 0. The average Bonchev–Trinajstić information content (AvgIpc) is 2.29. The van der Waals surface area contributed by atoms with E-state index in [4.69, 9.17) is 5.73 Å². The number of nitrogen functional groups attached to an aromatic ring is 1. The molecule has 0 bridgehead atoms. The number of anilines is 1. The highest BCUT2D eigenvalue weighted by atomic mass is 32.2. The van der Waals surface area contributed by atoms with Gasteiger partial charge in [0, 0.05) is 25.8 Å². The molecule has 0 saturated heterocycles. The number of nitrogens with zero attached hydrogens (tertiary/aromatic N) is 2. The summed E-state index contributed by atoms with van der Waals surface area (Å²) in [6.07, 6.45) is 0. The SMILES string of the molecule is CCN=S(=O)(c1ccc(N)cc1)N(C)CC. The Kier molecular flexibility index (Phi) is 4.32. The van der Waals surface area contributed by atoms with Crippen LogP contribution in [0.15, 0.2) is 33.5 Å². The van der Waals surface area contributed by atoms with Crippen molar-refractivity contribution in [3.8, 4) is 0 Å². The van der Waals surface area contributed by atoms with Crippen molar-refractivity contribution in [3.63, 3.8) is 0 Å². The molecule has 5 heteroatoms. The van der Waals surface area contributed by atoms with Gasteiger partial charge in [-0.1, -0.05) is 6.92 Å². The lowest BCUT2D eigenvalue weighted by molar-refractivity contribution is 0.537. The highest BCUT2D eigenvalue weighted by Gasteiger charge is 2.16. The minimum Gasteiger partial charge on any atom is -0.399 e. The lowest BCUT2D eigenvalue weighted by Gasteiger charge is -2.20. The molecule has 0 saturated carbocycles. The van der Waals surface area contributed by atoms with Gasteiger partial charge in [-0.25, -0.2) is 12.9 Å². The maximum absolute atomic E-state index is 12.7. The largest absolute Gasteiger partial charge is 0.399 e. The number of hydrogen-bond acceptors (Lipinski definition) is 3. The lowest BCUT2D eigenvalue weighted by atomic mass is 10.3. The Bertz CT molecular complexity index is 447. The molecule has 16 heavy (non-hydrogen) atoms. The van der Waals surface area contributed by atoms with Gasteiger partial charge in [0.15, 0.2) is 0 Å². The van der Waals surface area contributed by atoms with Gasteiger partial charge in [0.05, 0.1) is 4.90 Å². The smallest absolute Gasteiger partial charge is 0.139 e. The zero-order valence-electron chi connectivity index (χ0n) is 10.0. The fourth-order valence-electron chi connectivity index (χ4n) is 1.35. The first kappa shape index (κ1) is 13.0. The number of rotatable bonds is 4. The molecule has 0 aliphatic heterocycles. The second-order valence-corrected chi connectivity index (χ2v) is 5.80. The molecule has 1 aromatic rings. The van der Waals surface area contributed by atoms with Gasteiger partial charge in [-0.15, -0.1) is 0 Å². The minimum absolute atomic E-state index is 0.535. The van der Waals surface area contributed by atoms with Crippen LogP contribution in [0.1, 0.15) is 13.8 Å². The molecule has 4 nitrogen and oxygen atoms in total. The normalized spacial score (nSPS) is 14.8. The highest BCUT2D eigenvalue weighted by Crippen LogP contribution is 2.18. The summed E-state index contributed by atoms with van der Waals surface area (Å²) in [5.41, 5.74) is 6.28. The second-order valence-electron chi connectivity index (χ2n) is 3.46. The summed E-state index contributed by atoms with van der Waals surface area (Å²) in [6.45, 7) is 5.07. The molecule has 0 aliphatic rings. The predicted octanol–water partition coefficient (Wildman–Crippen LogP) is 1.98. The Balaban J connectivity index is 3.28. The fraction of sp³-hybridized carbons (Fsp3) is 0.455. The third kappa shape index (κ3) is 2.54. The molecule has 0 fully saturated rings. The summed E-state index contributed by atoms with van der Waals surface area (Å²) in [4.78, 5) is 0.716. The number of hydrogen-bond donors (Lipinski definition) is 1. The van der Waals surface area contributed by atoms with Crippen LogP contribution in [0.3, 0.4) is 0 Å². The van der Waals surface area contributed by atoms with E-state index in [1.165, 1.54) is 0 Å². The molecule has 0 aromatic heterocycles. The van der Waals surface area contributed by atoms with Crippen molar-refractivity contribution >= 4 is 15.6 Å². The molecule has 0 spiro atoms. The van der Waals surface area contributed by atoms with Crippen LogP contribution in [0.2, 0.25) is 0 Å². The van der Waals surface area contributed by atoms with Crippen molar-refractivity contribution < 1.29 is 4.21 Å².